The van der Waals surface area contributed by atoms with Crippen molar-refractivity contribution in [3.8, 4) is 5.75 Å². The van der Waals surface area contributed by atoms with Gasteiger partial charge in [0.05, 0.1) is 16.5 Å². The van der Waals surface area contributed by atoms with Crippen LogP contribution >= 0.6 is 11.6 Å². The van der Waals surface area contributed by atoms with E-state index in [9.17, 15) is 18.3 Å². The number of nitrogens with one attached hydrogen (secondary N) is 1. The van der Waals surface area contributed by atoms with Crippen LogP contribution in [0.1, 0.15) is 86.1 Å². The quantitative estimate of drug-likeness (QED) is 0.332. The van der Waals surface area contributed by atoms with Crippen molar-refractivity contribution in [2.75, 3.05) is 18.0 Å². The van der Waals surface area contributed by atoms with Gasteiger partial charge >= 0.3 is 0 Å². The van der Waals surface area contributed by atoms with Crippen LogP contribution in [-0.4, -0.2) is 53.3 Å². The maximum Gasteiger partial charge on any atom is 0.264 e. The zero-order chi connectivity index (χ0) is 33.2. The molecule has 1 amide bonds. The summed E-state index contributed by atoms with van der Waals surface area (Å²) in [6, 6.07) is 12.8. The lowest BCUT2D eigenvalue weighted by molar-refractivity contribution is -0.0891. The van der Waals surface area contributed by atoms with Crippen molar-refractivity contribution in [1.29, 1.82) is 0 Å². The van der Waals surface area contributed by atoms with Gasteiger partial charge in [0.15, 0.2) is 0 Å². The molecular formula is C36H45ClN4O5S. The number of fused-ring (bicyclic) bond motifs is 3. The molecule has 0 radical (unpaired) electrons. The maximum atomic E-state index is 13.5. The molecular weight excluding hydrogens is 636 g/mol. The van der Waals surface area contributed by atoms with Crippen LogP contribution < -0.4 is 14.4 Å². The third-order valence-electron chi connectivity index (χ3n) is 10.7. The number of benzene rings is 2. The van der Waals surface area contributed by atoms with Gasteiger partial charge in [0.2, 0.25) is 10.0 Å². The molecule has 2 N–H and O–H groups in total. The van der Waals surface area contributed by atoms with Crippen molar-refractivity contribution in [3.63, 3.8) is 0 Å². The molecule has 3 heterocycles. The molecule has 0 saturated heterocycles. The number of ether oxygens (including phenoxy) is 1. The molecule has 3 aliphatic rings. The first-order chi connectivity index (χ1) is 22.5. The Morgan fingerprint density at radius 3 is 2.62 bits per heavy atom. The standard InChI is InChI=1S/C36H45ClN4O5S/c1-24-7-5-15-36(43,21-34-38-16-6-17-39-34)31-13-10-28(31)22-41-18-4-3-8-26-19-30(37)12-9-29(26)23-46-33-14-11-27(20-32(33)41)35(42)40-47(44,45)25(24)2/h6,9,11-12,14,16-17,19-20,24-25,28,31,43H,3-5,7-8,10,13,15,18,21-23H2,1-2H3,(H,40,42)/t24-,25+,28-,31+,36-/m0/s1. The van der Waals surface area contributed by atoms with Crippen LogP contribution in [0.2, 0.25) is 5.02 Å². The first-order valence-electron chi connectivity index (χ1n) is 16.9. The van der Waals surface area contributed by atoms with Crippen molar-refractivity contribution < 1.29 is 23.1 Å². The molecule has 0 spiro atoms. The molecule has 2 aliphatic heterocycles. The lowest BCUT2D eigenvalue weighted by Crippen LogP contribution is -2.52. The molecule has 252 valence electrons. The van der Waals surface area contributed by atoms with E-state index in [1.54, 1.807) is 43.6 Å². The SMILES string of the molecule is C[C@@H]1[C@@H](C)CCC[C@](O)(Cc2ncccn2)[C@@H]2CC[C@H]2CN2CCCCc3cc(Cl)ccc3COc3ccc(cc32)C(=O)NS1(=O)=O. The van der Waals surface area contributed by atoms with Crippen molar-refractivity contribution >= 4 is 33.2 Å². The lowest BCUT2D eigenvalue weighted by atomic mass is 9.62. The van der Waals surface area contributed by atoms with E-state index in [0.29, 0.717) is 62.0 Å². The number of aryl methyl sites for hydroxylation is 1. The highest BCUT2D eigenvalue weighted by Gasteiger charge is 2.47. The molecule has 6 rings (SSSR count). The number of hydrogen-bond acceptors (Lipinski definition) is 8. The Hall–Kier alpha value is -3.21. The number of hydrogen-bond donors (Lipinski definition) is 2. The third kappa shape index (κ3) is 7.60. The van der Waals surface area contributed by atoms with Gasteiger partial charge in [-0.05, 0) is 117 Å². The van der Waals surface area contributed by atoms with E-state index in [1.165, 1.54) is 0 Å². The van der Waals surface area contributed by atoms with Gasteiger partial charge in [-0.3, -0.25) is 4.79 Å². The summed E-state index contributed by atoms with van der Waals surface area (Å²) < 4.78 is 35.6. The van der Waals surface area contributed by atoms with Gasteiger partial charge in [0.25, 0.3) is 5.91 Å². The Bertz CT molecular complexity index is 1690. The molecule has 1 fully saturated rings. The van der Waals surface area contributed by atoms with Crippen LogP contribution in [0.5, 0.6) is 5.75 Å². The van der Waals surface area contributed by atoms with Crippen LogP contribution in [0, 0.1) is 17.8 Å². The van der Waals surface area contributed by atoms with Crippen LogP contribution in [0.15, 0.2) is 54.9 Å². The van der Waals surface area contributed by atoms with E-state index in [2.05, 4.69) is 19.6 Å². The third-order valence-corrected chi connectivity index (χ3v) is 12.8. The number of anilines is 1. The Labute approximate surface area is 283 Å². The minimum absolute atomic E-state index is 0.0242. The Morgan fingerprint density at radius 2 is 1.85 bits per heavy atom. The first kappa shape index (κ1) is 33.7. The molecule has 0 unspecified atom stereocenters. The van der Waals surface area contributed by atoms with Crippen molar-refractivity contribution in [1.82, 2.24) is 14.7 Å². The Balaban J connectivity index is 1.39. The number of rotatable bonds is 2. The van der Waals surface area contributed by atoms with Crippen molar-refractivity contribution in [3.05, 3.63) is 82.4 Å². The molecule has 2 aromatic carbocycles. The second kappa shape index (κ2) is 14.1. The highest BCUT2D eigenvalue weighted by Crippen LogP contribution is 2.47. The number of halogens is 1. The van der Waals surface area contributed by atoms with Crippen molar-refractivity contribution in [2.24, 2.45) is 17.8 Å². The predicted octanol–water partition coefficient (Wildman–Crippen LogP) is 6.12. The molecule has 1 aromatic heterocycles. The van der Waals surface area contributed by atoms with Gasteiger partial charge in [-0.15, -0.1) is 0 Å². The number of sulfonamides is 1. The molecule has 11 heteroatoms. The number of nitrogens with zero attached hydrogens (tertiary/aromatic N) is 3. The molecule has 2 bridgehead atoms. The second-order valence-electron chi connectivity index (χ2n) is 13.7. The summed E-state index contributed by atoms with van der Waals surface area (Å²) in [6.45, 7) is 5.27. The summed E-state index contributed by atoms with van der Waals surface area (Å²) in [5.41, 5.74) is 2.20. The number of amides is 1. The zero-order valence-electron chi connectivity index (χ0n) is 27.2. The summed E-state index contributed by atoms with van der Waals surface area (Å²) in [5, 5.41) is 12.3. The van der Waals surface area contributed by atoms with E-state index in [0.717, 1.165) is 48.9 Å². The van der Waals surface area contributed by atoms with E-state index in [4.69, 9.17) is 16.3 Å². The number of aromatic nitrogens is 2. The Kier molecular flexibility index (Phi) is 10.1. The lowest BCUT2D eigenvalue weighted by Gasteiger charge is -2.49. The minimum Gasteiger partial charge on any atom is -0.487 e. The van der Waals surface area contributed by atoms with Gasteiger partial charge < -0.3 is 14.7 Å². The van der Waals surface area contributed by atoms with Crippen LogP contribution in [0.3, 0.4) is 0 Å². The largest absolute Gasteiger partial charge is 0.487 e. The molecule has 5 atom stereocenters. The topological polar surface area (TPSA) is 122 Å². The maximum absolute atomic E-state index is 13.5. The fraction of sp³-hybridized carbons (Fsp3) is 0.528. The summed E-state index contributed by atoms with van der Waals surface area (Å²) >= 11 is 6.35. The molecule has 47 heavy (non-hydrogen) atoms. The van der Waals surface area contributed by atoms with Crippen LogP contribution in [-0.2, 0) is 29.5 Å². The summed E-state index contributed by atoms with van der Waals surface area (Å²) in [6.07, 6.45) is 10.1. The highest BCUT2D eigenvalue weighted by atomic mass is 35.5. The Morgan fingerprint density at radius 1 is 1.04 bits per heavy atom. The molecule has 1 aliphatic carbocycles. The average molecular weight is 681 g/mol. The minimum atomic E-state index is -3.96. The number of aliphatic hydroxyl groups is 1. The summed E-state index contributed by atoms with van der Waals surface area (Å²) in [7, 11) is -3.96. The second-order valence-corrected chi connectivity index (χ2v) is 16.2. The zero-order valence-corrected chi connectivity index (χ0v) is 28.8. The fourth-order valence-corrected chi connectivity index (χ4v) is 9.01. The predicted molar refractivity (Wildman–Crippen MR) is 183 cm³/mol. The van der Waals surface area contributed by atoms with Crippen LogP contribution in [0.25, 0.3) is 0 Å². The molecule has 3 aromatic rings. The smallest absolute Gasteiger partial charge is 0.264 e. The molecule has 9 nitrogen and oxygen atoms in total. The fourth-order valence-electron chi connectivity index (χ4n) is 7.51. The van der Waals surface area contributed by atoms with Crippen LogP contribution in [0.4, 0.5) is 5.69 Å². The summed E-state index contributed by atoms with van der Waals surface area (Å²) in [4.78, 5) is 24.6. The summed E-state index contributed by atoms with van der Waals surface area (Å²) in [5.74, 6) is 0.596. The highest BCUT2D eigenvalue weighted by molar-refractivity contribution is 7.90. The van der Waals surface area contributed by atoms with Gasteiger partial charge in [0, 0.05) is 42.5 Å². The van der Waals surface area contributed by atoms with Gasteiger partial charge in [-0.2, -0.15) is 0 Å². The average Bonchev–Trinajstić information content (AvgIpc) is 3.05. The normalized spacial score (nSPS) is 28.3. The van der Waals surface area contributed by atoms with Gasteiger partial charge in [0.1, 0.15) is 18.2 Å². The van der Waals surface area contributed by atoms with E-state index in [1.807, 2.05) is 25.1 Å². The van der Waals surface area contributed by atoms with Crippen molar-refractivity contribution in [2.45, 2.75) is 89.1 Å². The monoisotopic (exact) mass is 680 g/mol. The molecule has 1 saturated carbocycles. The first-order valence-corrected chi connectivity index (χ1v) is 18.8. The van der Waals surface area contributed by atoms with E-state index >= 15 is 0 Å². The van der Waals surface area contributed by atoms with Gasteiger partial charge in [-0.1, -0.05) is 31.0 Å². The van der Waals surface area contributed by atoms with E-state index in [-0.39, 0.29) is 23.3 Å². The van der Waals surface area contributed by atoms with E-state index < -0.39 is 26.8 Å². The van der Waals surface area contributed by atoms with Gasteiger partial charge in [-0.25, -0.2) is 23.1 Å². The number of carbonyl (C=O) groups is 1. The number of carbonyl (C=O) groups excluding carboxylic acids is 1.